The second-order valence-electron chi connectivity index (χ2n) is 8.48. The van der Waals surface area contributed by atoms with E-state index in [1.807, 2.05) is 20.8 Å². The molecular formula is C19H29N3O5S. The third-order valence-electron chi connectivity index (χ3n) is 5.15. The molecule has 0 bridgehead atoms. The fraction of sp³-hybridized carbons (Fsp3) is 0.684. The highest BCUT2D eigenvalue weighted by molar-refractivity contribution is 7.92. The number of carbonyl (C=O) groups excluding carboxylic acids is 1. The SMILES string of the molecule is COc1nccc2c1CC([C@@H]1CCCN(C(=O)OC(C)(C)C)C1)N2S(C)(=O)=O. The third kappa shape index (κ3) is 4.19. The van der Waals surface area contributed by atoms with E-state index in [9.17, 15) is 13.2 Å². The summed E-state index contributed by atoms with van der Waals surface area (Å²) in [7, 11) is -1.96. The van der Waals surface area contributed by atoms with Gasteiger partial charge in [-0.25, -0.2) is 18.2 Å². The molecule has 1 fully saturated rings. The Bertz CT molecular complexity index is 850. The second-order valence-corrected chi connectivity index (χ2v) is 10.3. The average Bonchev–Trinajstić information content (AvgIpc) is 3.00. The van der Waals surface area contributed by atoms with Crippen molar-refractivity contribution in [2.75, 3.05) is 30.8 Å². The number of fused-ring (bicyclic) bond motifs is 1. The minimum Gasteiger partial charge on any atom is -0.481 e. The molecule has 0 saturated carbocycles. The van der Waals surface area contributed by atoms with E-state index in [-0.39, 0.29) is 18.1 Å². The molecule has 1 saturated heterocycles. The molecule has 0 aliphatic carbocycles. The van der Waals surface area contributed by atoms with Crippen LogP contribution in [0.5, 0.6) is 5.88 Å². The molecule has 1 aromatic heterocycles. The zero-order valence-electron chi connectivity index (χ0n) is 17.1. The van der Waals surface area contributed by atoms with Crippen LogP contribution >= 0.6 is 0 Å². The van der Waals surface area contributed by atoms with Crippen LogP contribution in [0.25, 0.3) is 0 Å². The van der Waals surface area contributed by atoms with Crippen molar-refractivity contribution in [1.82, 2.24) is 9.88 Å². The Morgan fingerprint density at radius 1 is 1.32 bits per heavy atom. The highest BCUT2D eigenvalue weighted by Gasteiger charge is 2.43. The van der Waals surface area contributed by atoms with Crippen LogP contribution in [0, 0.1) is 5.92 Å². The van der Waals surface area contributed by atoms with Crippen LogP contribution in [0.1, 0.15) is 39.2 Å². The van der Waals surface area contributed by atoms with Gasteiger partial charge in [0, 0.05) is 31.3 Å². The normalized spacial score (nSPS) is 22.8. The van der Waals surface area contributed by atoms with Crippen molar-refractivity contribution < 1.29 is 22.7 Å². The largest absolute Gasteiger partial charge is 0.481 e. The maximum atomic E-state index is 12.6. The van der Waals surface area contributed by atoms with Gasteiger partial charge in [0.2, 0.25) is 15.9 Å². The summed E-state index contributed by atoms with van der Waals surface area (Å²) in [6.45, 7) is 6.60. The predicted octanol–water partition coefficient (Wildman–Crippen LogP) is 2.43. The van der Waals surface area contributed by atoms with E-state index in [4.69, 9.17) is 9.47 Å². The van der Waals surface area contributed by atoms with Gasteiger partial charge in [-0.3, -0.25) is 4.31 Å². The molecule has 0 aromatic carbocycles. The number of ether oxygens (including phenoxy) is 2. The summed E-state index contributed by atoms with van der Waals surface area (Å²) < 4.78 is 37.6. The summed E-state index contributed by atoms with van der Waals surface area (Å²) in [5, 5.41) is 0. The number of rotatable bonds is 3. The molecule has 3 rings (SSSR count). The summed E-state index contributed by atoms with van der Waals surface area (Å²) in [6, 6.07) is 1.45. The number of hydrogen-bond acceptors (Lipinski definition) is 6. The minimum atomic E-state index is -3.49. The van der Waals surface area contributed by atoms with Crippen LogP contribution < -0.4 is 9.04 Å². The fourth-order valence-electron chi connectivity index (χ4n) is 4.11. The summed E-state index contributed by atoms with van der Waals surface area (Å²) in [6.07, 6.45) is 4.61. The lowest BCUT2D eigenvalue weighted by atomic mass is 9.89. The zero-order valence-corrected chi connectivity index (χ0v) is 18.0. The molecule has 9 heteroatoms. The quantitative estimate of drug-likeness (QED) is 0.759. The van der Waals surface area contributed by atoms with Crippen molar-refractivity contribution in [2.45, 2.75) is 51.7 Å². The summed E-state index contributed by atoms with van der Waals surface area (Å²) in [5.74, 6) is 0.460. The Kier molecular flexibility index (Phi) is 5.49. The van der Waals surface area contributed by atoms with Gasteiger partial charge in [-0.15, -0.1) is 0 Å². The maximum Gasteiger partial charge on any atom is 0.410 e. The maximum absolute atomic E-state index is 12.6. The molecular weight excluding hydrogens is 382 g/mol. The summed E-state index contributed by atoms with van der Waals surface area (Å²) >= 11 is 0. The highest BCUT2D eigenvalue weighted by Crippen LogP contribution is 2.42. The lowest BCUT2D eigenvalue weighted by Crippen LogP contribution is -2.50. The van der Waals surface area contributed by atoms with E-state index in [0.717, 1.165) is 18.4 Å². The van der Waals surface area contributed by atoms with E-state index in [2.05, 4.69) is 4.98 Å². The first-order valence-electron chi connectivity index (χ1n) is 9.50. The van der Waals surface area contributed by atoms with Gasteiger partial charge in [-0.2, -0.15) is 0 Å². The molecule has 2 atom stereocenters. The van der Waals surface area contributed by atoms with Gasteiger partial charge in [-0.1, -0.05) is 0 Å². The molecule has 2 aliphatic heterocycles. The number of nitrogens with zero attached hydrogens (tertiary/aromatic N) is 3. The molecule has 1 aromatic rings. The first-order chi connectivity index (χ1) is 13.0. The Morgan fingerprint density at radius 3 is 2.64 bits per heavy atom. The van der Waals surface area contributed by atoms with Gasteiger partial charge in [0.1, 0.15) is 5.60 Å². The van der Waals surface area contributed by atoms with Crippen molar-refractivity contribution in [1.29, 1.82) is 0 Å². The van der Waals surface area contributed by atoms with Crippen LogP contribution in [0.2, 0.25) is 0 Å². The molecule has 0 N–H and O–H groups in total. The number of anilines is 1. The molecule has 0 spiro atoms. The Labute approximate surface area is 166 Å². The van der Waals surface area contributed by atoms with Gasteiger partial charge >= 0.3 is 6.09 Å². The number of carbonyl (C=O) groups is 1. The zero-order chi connectivity index (χ0) is 20.7. The van der Waals surface area contributed by atoms with Crippen molar-refractivity contribution in [3.63, 3.8) is 0 Å². The van der Waals surface area contributed by atoms with E-state index in [1.165, 1.54) is 17.7 Å². The van der Waals surface area contributed by atoms with Crippen LogP contribution in [0.15, 0.2) is 12.3 Å². The van der Waals surface area contributed by atoms with E-state index >= 15 is 0 Å². The van der Waals surface area contributed by atoms with Gasteiger partial charge in [-0.05, 0) is 45.6 Å². The number of methoxy groups -OCH3 is 1. The first kappa shape index (κ1) is 20.7. The van der Waals surface area contributed by atoms with Crippen LogP contribution in [-0.2, 0) is 21.2 Å². The van der Waals surface area contributed by atoms with Gasteiger partial charge < -0.3 is 14.4 Å². The van der Waals surface area contributed by atoms with E-state index < -0.39 is 15.6 Å². The fourth-order valence-corrected chi connectivity index (χ4v) is 5.37. The predicted molar refractivity (Wildman–Crippen MR) is 106 cm³/mol. The minimum absolute atomic E-state index is 0.00750. The molecule has 1 amide bonds. The molecule has 0 radical (unpaired) electrons. The van der Waals surface area contributed by atoms with Gasteiger partial charge in [0.15, 0.2) is 0 Å². The Hall–Kier alpha value is -2.03. The number of aromatic nitrogens is 1. The Balaban J connectivity index is 1.87. The van der Waals surface area contributed by atoms with Gasteiger partial charge in [0.05, 0.1) is 25.1 Å². The number of sulfonamides is 1. The topological polar surface area (TPSA) is 89.0 Å². The molecule has 3 heterocycles. The molecule has 28 heavy (non-hydrogen) atoms. The van der Waals surface area contributed by atoms with Crippen molar-refractivity contribution in [3.05, 3.63) is 17.8 Å². The standard InChI is InChI=1S/C19H29N3O5S/c1-19(2,3)27-18(23)21-10-6-7-13(12-21)16-11-14-15(22(16)28(5,24)25)8-9-20-17(14)26-4/h8-9,13,16H,6-7,10-12H2,1-5H3/t13-,16?/m1/s1. The number of amides is 1. The van der Waals surface area contributed by atoms with E-state index in [0.29, 0.717) is 31.1 Å². The lowest BCUT2D eigenvalue weighted by Gasteiger charge is -2.39. The number of hydrogen-bond donors (Lipinski definition) is 0. The average molecular weight is 412 g/mol. The first-order valence-corrected chi connectivity index (χ1v) is 11.4. The van der Waals surface area contributed by atoms with Crippen molar-refractivity contribution >= 4 is 21.8 Å². The van der Waals surface area contributed by atoms with Crippen molar-refractivity contribution in [2.24, 2.45) is 5.92 Å². The van der Waals surface area contributed by atoms with Gasteiger partial charge in [0.25, 0.3) is 0 Å². The molecule has 1 unspecified atom stereocenters. The highest BCUT2D eigenvalue weighted by atomic mass is 32.2. The molecule has 156 valence electrons. The number of piperidine rings is 1. The number of pyridine rings is 1. The Morgan fingerprint density at radius 2 is 2.04 bits per heavy atom. The van der Waals surface area contributed by atoms with E-state index in [1.54, 1.807) is 17.2 Å². The number of likely N-dealkylation sites (tertiary alicyclic amines) is 1. The summed E-state index contributed by atoms with van der Waals surface area (Å²) in [5.41, 5.74) is 0.856. The van der Waals surface area contributed by atoms with Crippen LogP contribution in [-0.4, -0.2) is 62.5 Å². The molecule has 8 nitrogen and oxygen atoms in total. The molecule has 2 aliphatic rings. The summed E-state index contributed by atoms with van der Waals surface area (Å²) in [4.78, 5) is 18.4. The van der Waals surface area contributed by atoms with Crippen molar-refractivity contribution in [3.8, 4) is 5.88 Å². The lowest BCUT2D eigenvalue weighted by molar-refractivity contribution is 0.0155. The third-order valence-corrected chi connectivity index (χ3v) is 6.33. The van der Waals surface area contributed by atoms with Crippen LogP contribution in [0.4, 0.5) is 10.5 Å². The smallest absolute Gasteiger partial charge is 0.410 e. The second kappa shape index (κ2) is 7.42. The monoisotopic (exact) mass is 411 g/mol. The van der Waals surface area contributed by atoms with Crippen LogP contribution in [0.3, 0.4) is 0 Å².